The third-order valence-electron chi connectivity index (χ3n) is 11.2. The number of carbonyl (C=O) groups is 3. The number of unbranched alkanes of at least 4 members (excludes halogenated alkanes) is 19. The van der Waals surface area contributed by atoms with Gasteiger partial charge in [0, 0.05) is 19.3 Å². The van der Waals surface area contributed by atoms with Gasteiger partial charge in [0.05, 0.1) is 0 Å². The Labute approximate surface area is 412 Å². The number of allylic oxidation sites excluding steroid dienone is 18. The van der Waals surface area contributed by atoms with Crippen molar-refractivity contribution in [2.45, 2.75) is 245 Å². The summed E-state index contributed by atoms with van der Waals surface area (Å²) in [6.45, 7) is 6.47. The summed E-state index contributed by atoms with van der Waals surface area (Å²) >= 11 is 0. The molecular weight excluding hydrogens is 829 g/mol. The SMILES string of the molecule is CCCCC/C=C\C/C=C\C/C=C\C/C=C\C/C=C\CCC(=O)OC[C@H](COC(=O)CCCCCCC/C=C\CCCCCC)OC(=O)CCCCCC/C=C\C/C=C\C/C=C\CCCCC. The van der Waals surface area contributed by atoms with Gasteiger partial charge in [-0.2, -0.15) is 0 Å². The molecule has 0 unspecified atom stereocenters. The molecule has 0 radical (unpaired) electrons. The Morgan fingerprint density at radius 1 is 0.299 bits per heavy atom. The van der Waals surface area contributed by atoms with Crippen LogP contribution < -0.4 is 0 Å². The number of rotatable bonds is 48. The highest BCUT2D eigenvalue weighted by molar-refractivity contribution is 5.71. The van der Waals surface area contributed by atoms with Crippen molar-refractivity contribution in [3.8, 4) is 0 Å². The van der Waals surface area contributed by atoms with Crippen molar-refractivity contribution in [2.75, 3.05) is 13.2 Å². The van der Waals surface area contributed by atoms with E-state index in [2.05, 4.69) is 124 Å². The van der Waals surface area contributed by atoms with Gasteiger partial charge in [-0.3, -0.25) is 14.4 Å². The van der Waals surface area contributed by atoms with Crippen LogP contribution in [0, 0.1) is 0 Å². The summed E-state index contributed by atoms with van der Waals surface area (Å²) in [4.78, 5) is 38.0. The van der Waals surface area contributed by atoms with Gasteiger partial charge in [-0.15, -0.1) is 0 Å². The molecule has 0 aromatic heterocycles. The van der Waals surface area contributed by atoms with E-state index < -0.39 is 6.10 Å². The predicted molar refractivity (Wildman–Crippen MR) is 288 cm³/mol. The molecule has 0 N–H and O–H groups in total. The Hall–Kier alpha value is -3.93. The van der Waals surface area contributed by atoms with Crippen LogP contribution in [0.1, 0.15) is 239 Å². The molecule has 0 aromatic carbocycles. The molecule has 0 saturated carbocycles. The van der Waals surface area contributed by atoms with E-state index in [1.165, 1.54) is 89.9 Å². The maximum Gasteiger partial charge on any atom is 0.306 e. The van der Waals surface area contributed by atoms with Crippen LogP contribution in [0.2, 0.25) is 0 Å². The molecule has 0 heterocycles. The average Bonchev–Trinajstić information content (AvgIpc) is 3.33. The van der Waals surface area contributed by atoms with Gasteiger partial charge in [0.2, 0.25) is 0 Å². The zero-order valence-corrected chi connectivity index (χ0v) is 43.4. The van der Waals surface area contributed by atoms with Crippen LogP contribution in [0.5, 0.6) is 0 Å². The molecule has 0 bridgehead atoms. The zero-order chi connectivity index (χ0) is 48.6. The fraction of sp³-hybridized carbons (Fsp3) is 0.656. The van der Waals surface area contributed by atoms with Crippen molar-refractivity contribution in [3.05, 3.63) is 109 Å². The summed E-state index contributed by atoms with van der Waals surface area (Å²) < 4.78 is 16.7. The predicted octanol–water partition coefficient (Wildman–Crippen LogP) is 18.3. The van der Waals surface area contributed by atoms with E-state index >= 15 is 0 Å². The van der Waals surface area contributed by atoms with Crippen molar-refractivity contribution in [1.82, 2.24) is 0 Å². The van der Waals surface area contributed by atoms with Gasteiger partial charge in [0.1, 0.15) is 13.2 Å². The second-order valence-electron chi connectivity index (χ2n) is 17.8. The maximum atomic E-state index is 12.8. The maximum absolute atomic E-state index is 12.8. The minimum atomic E-state index is -0.825. The molecular formula is C61H100O6. The van der Waals surface area contributed by atoms with Crippen LogP contribution in [0.15, 0.2) is 109 Å². The summed E-state index contributed by atoms with van der Waals surface area (Å²) in [5, 5.41) is 0. The van der Waals surface area contributed by atoms with Crippen molar-refractivity contribution < 1.29 is 28.6 Å². The topological polar surface area (TPSA) is 78.9 Å². The zero-order valence-electron chi connectivity index (χ0n) is 43.4. The molecule has 6 heteroatoms. The lowest BCUT2D eigenvalue weighted by molar-refractivity contribution is -0.166. The minimum Gasteiger partial charge on any atom is -0.462 e. The van der Waals surface area contributed by atoms with E-state index in [9.17, 15) is 14.4 Å². The van der Waals surface area contributed by atoms with E-state index in [-0.39, 0.29) is 44.0 Å². The molecule has 0 rings (SSSR count). The molecule has 0 aliphatic rings. The quantitative estimate of drug-likeness (QED) is 0.0262. The normalized spacial score (nSPS) is 12.9. The first-order valence-corrected chi connectivity index (χ1v) is 27.4. The average molecular weight is 929 g/mol. The van der Waals surface area contributed by atoms with E-state index in [0.29, 0.717) is 12.8 Å². The van der Waals surface area contributed by atoms with Gasteiger partial charge >= 0.3 is 17.9 Å². The summed E-state index contributed by atoms with van der Waals surface area (Å²) in [6, 6.07) is 0. The lowest BCUT2D eigenvalue weighted by Crippen LogP contribution is -2.30. The van der Waals surface area contributed by atoms with Crippen LogP contribution in [-0.2, 0) is 28.6 Å². The van der Waals surface area contributed by atoms with E-state index in [1.54, 1.807) is 0 Å². The second-order valence-corrected chi connectivity index (χ2v) is 17.8. The third kappa shape index (κ3) is 52.9. The molecule has 0 fully saturated rings. The number of esters is 3. The Morgan fingerprint density at radius 2 is 0.567 bits per heavy atom. The standard InChI is InChI=1S/C61H100O6/c1-4-7-10-13-16-19-22-25-27-29-30-32-33-36-39-42-45-48-51-54-60(63)66-57-58(56-65-59(62)53-50-47-44-41-38-35-24-21-18-15-12-9-6-3)67-61(64)55-52-49-46-43-40-37-34-31-28-26-23-20-17-14-11-8-5-2/h16-17,19-21,24-28,30,32,34,36-37,39,45,48,58H,4-15,18,22-23,29,31,33,35,38,40-44,46-47,49-57H2,1-3H3/b19-16-,20-17-,24-21-,27-25-,28-26-,32-30-,37-34-,39-36-,48-45-/t58-/m0/s1. The van der Waals surface area contributed by atoms with Gasteiger partial charge in [0.25, 0.3) is 0 Å². The monoisotopic (exact) mass is 929 g/mol. The molecule has 0 spiro atoms. The van der Waals surface area contributed by atoms with Crippen LogP contribution in [0.3, 0.4) is 0 Å². The molecule has 0 aromatic rings. The van der Waals surface area contributed by atoms with Crippen LogP contribution in [0.4, 0.5) is 0 Å². The van der Waals surface area contributed by atoms with Crippen LogP contribution >= 0.6 is 0 Å². The Balaban J connectivity index is 4.56. The Kier molecular flexibility index (Phi) is 51.5. The first-order valence-electron chi connectivity index (χ1n) is 27.4. The molecule has 6 nitrogen and oxygen atoms in total. The van der Waals surface area contributed by atoms with Crippen molar-refractivity contribution in [1.29, 1.82) is 0 Å². The molecule has 0 saturated heterocycles. The largest absolute Gasteiger partial charge is 0.462 e. The van der Waals surface area contributed by atoms with Crippen molar-refractivity contribution in [3.63, 3.8) is 0 Å². The highest BCUT2D eigenvalue weighted by Crippen LogP contribution is 2.12. The summed E-state index contributed by atoms with van der Waals surface area (Å²) in [7, 11) is 0. The van der Waals surface area contributed by atoms with Gasteiger partial charge in [0.15, 0.2) is 6.10 Å². The van der Waals surface area contributed by atoms with Crippen molar-refractivity contribution in [2.24, 2.45) is 0 Å². The summed E-state index contributed by atoms with van der Waals surface area (Å²) in [5.41, 5.74) is 0. The molecule has 0 aliphatic carbocycles. The Bertz CT molecular complexity index is 1390. The fourth-order valence-corrected chi connectivity index (χ4v) is 7.07. The van der Waals surface area contributed by atoms with E-state index in [1.807, 2.05) is 6.08 Å². The van der Waals surface area contributed by atoms with E-state index in [4.69, 9.17) is 14.2 Å². The van der Waals surface area contributed by atoms with Gasteiger partial charge in [-0.25, -0.2) is 0 Å². The summed E-state index contributed by atoms with van der Waals surface area (Å²) in [6.07, 6.45) is 73.6. The van der Waals surface area contributed by atoms with Crippen LogP contribution in [-0.4, -0.2) is 37.2 Å². The molecule has 0 aliphatic heterocycles. The molecule has 380 valence electrons. The van der Waals surface area contributed by atoms with Crippen LogP contribution in [0.25, 0.3) is 0 Å². The number of hydrogen-bond acceptors (Lipinski definition) is 6. The smallest absolute Gasteiger partial charge is 0.306 e. The highest BCUT2D eigenvalue weighted by atomic mass is 16.6. The summed E-state index contributed by atoms with van der Waals surface area (Å²) in [5.74, 6) is -1.04. The Morgan fingerprint density at radius 3 is 0.970 bits per heavy atom. The lowest BCUT2D eigenvalue weighted by atomic mass is 10.1. The lowest BCUT2D eigenvalue weighted by Gasteiger charge is -2.18. The van der Waals surface area contributed by atoms with Crippen molar-refractivity contribution >= 4 is 17.9 Å². The number of hydrogen-bond donors (Lipinski definition) is 0. The van der Waals surface area contributed by atoms with Gasteiger partial charge in [-0.05, 0) is 122 Å². The first-order chi connectivity index (χ1) is 33.0. The first kappa shape index (κ1) is 63.1. The molecule has 67 heavy (non-hydrogen) atoms. The number of ether oxygens (including phenoxy) is 3. The highest BCUT2D eigenvalue weighted by Gasteiger charge is 2.19. The third-order valence-corrected chi connectivity index (χ3v) is 11.2. The molecule has 1 atom stereocenters. The second kappa shape index (κ2) is 54.7. The minimum absolute atomic E-state index is 0.116. The fourth-order valence-electron chi connectivity index (χ4n) is 7.07. The number of carbonyl (C=O) groups excluding carboxylic acids is 3. The molecule has 0 amide bonds. The van der Waals surface area contributed by atoms with E-state index in [0.717, 1.165) is 103 Å². The van der Waals surface area contributed by atoms with Gasteiger partial charge in [-0.1, -0.05) is 207 Å². The van der Waals surface area contributed by atoms with Gasteiger partial charge < -0.3 is 14.2 Å².